The zero-order chi connectivity index (χ0) is 26.0. The summed E-state index contributed by atoms with van der Waals surface area (Å²) < 4.78 is 12.4. The molecule has 0 aliphatic heterocycles. The van der Waals surface area contributed by atoms with Gasteiger partial charge in [0, 0.05) is 30.8 Å². The number of ketones is 1. The Labute approximate surface area is 211 Å². The summed E-state index contributed by atoms with van der Waals surface area (Å²) in [5, 5.41) is 0. The van der Waals surface area contributed by atoms with Gasteiger partial charge in [0.2, 0.25) is 0 Å². The maximum Gasteiger partial charge on any atom is 0.253 e. The third-order valence-corrected chi connectivity index (χ3v) is 5.69. The van der Waals surface area contributed by atoms with Crippen LogP contribution >= 0.6 is 0 Å². The Balaban J connectivity index is 2.45. The first-order chi connectivity index (χ1) is 16.6. The van der Waals surface area contributed by atoms with Crippen LogP contribution < -0.4 is 9.47 Å². The van der Waals surface area contributed by atoms with Gasteiger partial charge in [0.05, 0.1) is 18.8 Å². The molecule has 0 saturated heterocycles. The van der Waals surface area contributed by atoms with Crippen LogP contribution in [0.15, 0.2) is 42.5 Å². The van der Waals surface area contributed by atoms with Crippen LogP contribution in [-0.4, -0.2) is 43.9 Å². The van der Waals surface area contributed by atoms with Crippen LogP contribution in [0.4, 0.5) is 0 Å². The van der Waals surface area contributed by atoms with E-state index in [1.165, 1.54) is 4.90 Å². The van der Waals surface area contributed by atoms with E-state index in [1.54, 1.807) is 50.5 Å². The number of unbranched alkanes of at least 4 members (excludes halogenated alkanes) is 2. The van der Waals surface area contributed by atoms with Crippen molar-refractivity contribution >= 4 is 17.8 Å². The molecule has 0 radical (unpaired) electrons. The average molecular weight is 480 g/mol. The fourth-order valence-electron chi connectivity index (χ4n) is 3.55. The molecule has 0 unspecified atom stereocenters. The Kier molecular flexibility index (Phi) is 10.6. The largest absolute Gasteiger partial charge is 0.493 e. The van der Waals surface area contributed by atoms with Crippen molar-refractivity contribution in [2.45, 2.75) is 65.7 Å². The highest BCUT2D eigenvalue weighted by Crippen LogP contribution is 2.40. The first-order valence-electron chi connectivity index (χ1n) is 12.6. The van der Waals surface area contributed by atoms with Crippen LogP contribution in [0.3, 0.4) is 0 Å². The fraction of sp³-hybridized carbons (Fsp3) is 0.467. The van der Waals surface area contributed by atoms with E-state index in [9.17, 15) is 9.59 Å². The maximum atomic E-state index is 13.0. The summed E-state index contributed by atoms with van der Waals surface area (Å²) in [6.45, 7) is 11.9. The van der Waals surface area contributed by atoms with Gasteiger partial charge < -0.3 is 14.4 Å². The van der Waals surface area contributed by atoms with E-state index in [-0.39, 0.29) is 17.1 Å². The molecular formula is C30H41NO4. The van der Waals surface area contributed by atoms with Gasteiger partial charge in [0.15, 0.2) is 5.78 Å². The number of allylic oxidation sites excluding steroid dienone is 1. The normalized spacial score (nSPS) is 11.5. The second-order valence-corrected chi connectivity index (χ2v) is 9.98. The first-order valence-corrected chi connectivity index (χ1v) is 12.6. The molecule has 0 saturated carbocycles. The van der Waals surface area contributed by atoms with Gasteiger partial charge in [0.25, 0.3) is 5.91 Å². The zero-order valence-electron chi connectivity index (χ0n) is 22.4. The predicted octanol–water partition coefficient (Wildman–Crippen LogP) is 6.94. The second-order valence-electron chi connectivity index (χ2n) is 9.98. The lowest BCUT2D eigenvalue weighted by atomic mass is 9.84. The van der Waals surface area contributed by atoms with Gasteiger partial charge in [0.1, 0.15) is 11.5 Å². The van der Waals surface area contributed by atoms with Crippen molar-refractivity contribution < 1.29 is 19.1 Å². The first kappa shape index (κ1) is 28.2. The molecule has 0 N–H and O–H groups in total. The molecular weight excluding hydrogens is 438 g/mol. The third kappa shape index (κ3) is 7.98. The maximum absolute atomic E-state index is 13.0. The molecule has 1 amide bonds. The molecule has 35 heavy (non-hydrogen) atoms. The van der Waals surface area contributed by atoms with Crippen molar-refractivity contribution in [3.8, 4) is 11.5 Å². The summed E-state index contributed by atoms with van der Waals surface area (Å²) in [4.78, 5) is 26.6. The number of nitrogens with zero attached hydrogens (tertiary/aromatic N) is 1. The molecule has 5 heteroatoms. The van der Waals surface area contributed by atoms with Crippen molar-refractivity contribution in [2.75, 3.05) is 27.3 Å². The highest BCUT2D eigenvalue weighted by atomic mass is 16.5. The molecule has 0 aliphatic carbocycles. The van der Waals surface area contributed by atoms with Crippen molar-refractivity contribution in [3.05, 3.63) is 64.7 Å². The van der Waals surface area contributed by atoms with E-state index in [0.29, 0.717) is 30.1 Å². The Morgan fingerprint density at radius 3 is 1.97 bits per heavy atom. The summed E-state index contributed by atoms with van der Waals surface area (Å²) in [7, 11) is 3.41. The molecule has 0 atom stereocenters. The van der Waals surface area contributed by atoms with Gasteiger partial charge in [-0.2, -0.15) is 0 Å². The number of benzene rings is 2. The molecule has 0 fully saturated rings. The molecule has 0 bridgehead atoms. The molecule has 5 nitrogen and oxygen atoms in total. The van der Waals surface area contributed by atoms with Crippen molar-refractivity contribution in [2.24, 2.45) is 0 Å². The topological polar surface area (TPSA) is 55.8 Å². The minimum atomic E-state index is -0.144. The van der Waals surface area contributed by atoms with E-state index < -0.39 is 0 Å². The van der Waals surface area contributed by atoms with Crippen LogP contribution in [0.1, 0.15) is 92.1 Å². The number of hydrogen-bond acceptors (Lipinski definition) is 4. The van der Waals surface area contributed by atoms with E-state index in [2.05, 4.69) is 40.7 Å². The molecule has 0 heterocycles. The Hall–Kier alpha value is -3.08. The van der Waals surface area contributed by atoms with Crippen LogP contribution in [0.25, 0.3) is 6.08 Å². The number of amides is 1. The van der Waals surface area contributed by atoms with Crippen LogP contribution in [0.5, 0.6) is 11.5 Å². The molecule has 0 spiro atoms. The molecule has 2 aromatic rings. The minimum Gasteiger partial charge on any atom is -0.493 e. The van der Waals surface area contributed by atoms with Crippen molar-refractivity contribution in [3.63, 3.8) is 0 Å². The summed E-state index contributed by atoms with van der Waals surface area (Å²) in [5.74, 6) is 1.25. The fourth-order valence-corrected chi connectivity index (χ4v) is 3.55. The number of carbonyl (C=O) groups is 2. The molecule has 0 aliphatic rings. The summed E-state index contributed by atoms with van der Waals surface area (Å²) in [6, 6.07) is 10.8. The van der Waals surface area contributed by atoms with Gasteiger partial charge in [-0.05, 0) is 48.6 Å². The molecule has 0 aromatic heterocycles. The lowest BCUT2D eigenvalue weighted by Gasteiger charge is -2.25. The zero-order valence-corrected chi connectivity index (χ0v) is 22.4. The highest BCUT2D eigenvalue weighted by Gasteiger charge is 2.23. The number of ether oxygens (including phenoxy) is 2. The van der Waals surface area contributed by atoms with E-state index in [1.807, 2.05) is 6.07 Å². The highest BCUT2D eigenvalue weighted by molar-refractivity contribution is 6.07. The monoisotopic (exact) mass is 479 g/mol. The van der Waals surface area contributed by atoms with Crippen LogP contribution in [0, 0.1) is 0 Å². The van der Waals surface area contributed by atoms with Gasteiger partial charge in [-0.1, -0.05) is 65.7 Å². The van der Waals surface area contributed by atoms with E-state index in [0.717, 1.165) is 42.6 Å². The lowest BCUT2D eigenvalue weighted by molar-refractivity contribution is 0.0827. The van der Waals surface area contributed by atoms with E-state index >= 15 is 0 Å². The molecule has 2 aromatic carbocycles. The second kappa shape index (κ2) is 13.1. The third-order valence-electron chi connectivity index (χ3n) is 5.69. The quantitative estimate of drug-likeness (QED) is 0.188. The smallest absolute Gasteiger partial charge is 0.253 e. The summed E-state index contributed by atoms with van der Waals surface area (Å²) in [6.07, 6.45) is 7.34. The van der Waals surface area contributed by atoms with Gasteiger partial charge in [-0.15, -0.1) is 0 Å². The van der Waals surface area contributed by atoms with E-state index in [4.69, 9.17) is 9.47 Å². The van der Waals surface area contributed by atoms with Crippen molar-refractivity contribution in [1.29, 1.82) is 0 Å². The van der Waals surface area contributed by atoms with Crippen LogP contribution in [-0.2, 0) is 5.41 Å². The molecule has 190 valence electrons. The summed E-state index contributed by atoms with van der Waals surface area (Å²) in [5.41, 5.74) is 2.80. The summed E-state index contributed by atoms with van der Waals surface area (Å²) >= 11 is 0. The standard InChI is InChI=1S/C30H41NO4/c1-8-10-20-34-27-19-17-25(30(3,4)5)28(35-21-11-9-2)24(27)16-18-26(32)22-12-14-23(15-13-22)29(33)31(6)7/h12-19H,8-11,20-21H2,1-7H3/b18-16+. The lowest BCUT2D eigenvalue weighted by Crippen LogP contribution is -2.21. The Bertz CT molecular complexity index is 1010. The predicted molar refractivity (Wildman–Crippen MR) is 144 cm³/mol. The van der Waals surface area contributed by atoms with Gasteiger partial charge >= 0.3 is 0 Å². The Morgan fingerprint density at radius 2 is 1.43 bits per heavy atom. The number of carbonyl (C=O) groups excluding carboxylic acids is 2. The number of hydrogen-bond donors (Lipinski definition) is 0. The Morgan fingerprint density at radius 1 is 0.857 bits per heavy atom. The molecule has 2 rings (SSSR count). The minimum absolute atomic E-state index is 0.0960. The average Bonchev–Trinajstić information content (AvgIpc) is 2.82. The van der Waals surface area contributed by atoms with Gasteiger partial charge in [-0.25, -0.2) is 0 Å². The van der Waals surface area contributed by atoms with Crippen molar-refractivity contribution in [1.82, 2.24) is 4.90 Å². The number of rotatable bonds is 12. The van der Waals surface area contributed by atoms with Gasteiger partial charge in [-0.3, -0.25) is 9.59 Å². The SMILES string of the molecule is CCCCOc1ccc(C(C)(C)C)c(OCCCC)c1/C=C/C(=O)c1ccc(C(=O)N(C)C)cc1. The van der Waals surface area contributed by atoms with Crippen LogP contribution in [0.2, 0.25) is 0 Å².